The molecule has 0 bridgehead atoms. The number of alkyl halides is 18. The van der Waals surface area contributed by atoms with Gasteiger partial charge in [0.1, 0.15) is 74.1 Å². The number of aryl methyl sites for hydroxylation is 9. The largest absolute Gasteiger partial charge is 0.488 e. The molecule has 0 radical (unpaired) electrons. The second kappa shape index (κ2) is 48.1. The van der Waals surface area contributed by atoms with Crippen molar-refractivity contribution in [3.8, 4) is 34.5 Å². The Kier molecular flexibility index (Phi) is 38.2. The molecule has 0 heterocycles. The molecule has 0 spiro atoms. The Morgan fingerprint density at radius 1 is 0.291 bits per heavy atom. The van der Waals surface area contributed by atoms with E-state index in [9.17, 15) is 128 Å². The molecular weight excluding hydrogens is 1980 g/mol. The van der Waals surface area contributed by atoms with E-state index in [0.717, 1.165) is 60.4 Å². The molecule has 1 aliphatic rings. The highest BCUT2D eigenvalue weighted by Crippen LogP contribution is 2.47. The summed E-state index contributed by atoms with van der Waals surface area (Å²) in [4.78, 5) is 67.6. The van der Waals surface area contributed by atoms with Crippen LogP contribution in [0, 0.1) is 55.4 Å². The number of halogens is 20. The van der Waals surface area contributed by atoms with Gasteiger partial charge in [-0.25, -0.2) is 28.8 Å². The van der Waals surface area contributed by atoms with Gasteiger partial charge in [-0.2, -0.15) is 79.0 Å². The van der Waals surface area contributed by atoms with Crippen LogP contribution in [0.1, 0.15) is 210 Å². The van der Waals surface area contributed by atoms with Crippen LogP contribution >= 0.6 is 27.5 Å². The highest BCUT2D eigenvalue weighted by molar-refractivity contribution is 9.10. The molecule has 748 valence electrons. The van der Waals surface area contributed by atoms with Crippen molar-refractivity contribution in [3.05, 3.63) is 384 Å². The Hall–Kier alpha value is -14.2. The van der Waals surface area contributed by atoms with Gasteiger partial charge in [-0.1, -0.05) is 165 Å². The molecule has 1 aliphatic carbocycles. The molecule has 141 heavy (non-hydrogen) atoms. The first kappa shape index (κ1) is 112. The number of carbonyl (C=O) groups is 6. The molecule has 0 saturated heterocycles. The number of carboxylic acid groups (broad SMARTS) is 6. The average Bonchev–Trinajstić information content (AvgIpc) is 1.71. The highest BCUT2D eigenvalue weighted by Gasteiger charge is 2.41. The number of ether oxygens (including phenoxy) is 6. The number of hydrogen-bond donors (Lipinski definition) is 6. The van der Waals surface area contributed by atoms with Gasteiger partial charge in [-0.3, -0.25) is 0 Å². The zero-order valence-corrected chi connectivity index (χ0v) is 78.2. The van der Waals surface area contributed by atoms with Gasteiger partial charge in [-0.05, 0) is 224 Å². The summed E-state index contributed by atoms with van der Waals surface area (Å²) < 4.78 is 268. The summed E-state index contributed by atoms with van der Waals surface area (Å²) in [5.74, 6) is -8.63. The first-order valence-corrected chi connectivity index (χ1v) is 43.2. The van der Waals surface area contributed by atoms with Crippen LogP contribution in [0.5, 0.6) is 34.5 Å². The van der Waals surface area contributed by atoms with Crippen LogP contribution < -0.4 is 28.4 Å². The Morgan fingerprint density at radius 2 is 0.511 bits per heavy atom. The molecule has 38 heteroatoms. The molecule has 0 aliphatic heterocycles. The summed E-state index contributed by atoms with van der Waals surface area (Å²) in [6, 6.07) is 50.3. The van der Waals surface area contributed by atoms with E-state index < -0.39 is 106 Å². The van der Waals surface area contributed by atoms with Gasteiger partial charge in [0.05, 0.1) is 66.8 Å². The number of carboxylic acids is 6. The predicted molar refractivity (Wildman–Crippen MR) is 487 cm³/mol. The number of benzene rings is 12. The van der Waals surface area contributed by atoms with Gasteiger partial charge in [0, 0.05) is 42.9 Å². The second-order valence-corrected chi connectivity index (χ2v) is 33.0. The molecule has 12 aromatic rings. The molecule has 0 unspecified atom stereocenters. The normalized spacial score (nSPS) is 11.9. The van der Waals surface area contributed by atoms with E-state index in [1.807, 2.05) is 13.0 Å². The van der Waals surface area contributed by atoms with Crippen LogP contribution in [0.15, 0.2) is 223 Å². The molecule has 1 fully saturated rings. The molecule has 0 atom stereocenters. The van der Waals surface area contributed by atoms with E-state index in [4.69, 9.17) is 50.2 Å². The van der Waals surface area contributed by atoms with Crippen molar-refractivity contribution in [1.82, 2.24) is 0 Å². The summed E-state index contributed by atoms with van der Waals surface area (Å²) in [7, 11) is 0. The highest BCUT2D eigenvalue weighted by atomic mass is 79.9. The molecule has 1 saturated carbocycles. The summed E-state index contributed by atoms with van der Waals surface area (Å²) in [5, 5.41) is 55.4. The van der Waals surface area contributed by atoms with Crippen molar-refractivity contribution in [2.24, 2.45) is 0 Å². The third-order valence-electron chi connectivity index (χ3n) is 21.2. The topological polar surface area (TPSA) is 279 Å². The summed E-state index contributed by atoms with van der Waals surface area (Å²) >= 11 is 9.12. The van der Waals surface area contributed by atoms with Crippen molar-refractivity contribution < 1.29 is 167 Å². The maximum atomic E-state index is 13.2. The predicted octanol–water partition coefficient (Wildman–Crippen LogP) is 29.2. The lowest BCUT2D eigenvalue weighted by molar-refractivity contribution is -0.139. The maximum absolute atomic E-state index is 13.2. The summed E-state index contributed by atoms with van der Waals surface area (Å²) in [5.41, 5.74) is 2.32. The first-order chi connectivity index (χ1) is 65.8. The molecule has 0 aromatic heterocycles. The van der Waals surface area contributed by atoms with Crippen molar-refractivity contribution in [2.75, 3.05) is 0 Å². The van der Waals surface area contributed by atoms with E-state index >= 15 is 0 Å². The van der Waals surface area contributed by atoms with Crippen molar-refractivity contribution in [2.45, 2.75) is 164 Å². The van der Waals surface area contributed by atoms with Gasteiger partial charge in [0.25, 0.3) is 0 Å². The Labute approximate surface area is 808 Å². The van der Waals surface area contributed by atoms with E-state index in [-0.39, 0.29) is 130 Å². The Bertz CT molecular complexity index is 6010. The van der Waals surface area contributed by atoms with Crippen LogP contribution in [0.25, 0.3) is 0 Å². The minimum absolute atomic E-state index is 0.0191. The average molecular weight is 2070 g/mol. The number of aromatic carboxylic acids is 6. The number of hydrogen-bond acceptors (Lipinski definition) is 12. The molecular formula is C103H88BrClF18O18. The molecule has 18 nitrogen and oxygen atoms in total. The Morgan fingerprint density at radius 3 is 0.787 bits per heavy atom. The van der Waals surface area contributed by atoms with E-state index in [1.54, 1.807) is 97.0 Å². The first-order valence-electron chi connectivity index (χ1n) is 42.0. The fourth-order valence-corrected chi connectivity index (χ4v) is 14.6. The molecule has 13 rings (SSSR count). The fraction of sp³-hybridized carbons (Fsp3) is 0.243. The molecule has 6 N–H and O–H groups in total. The lowest BCUT2D eigenvalue weighted by Gasteiger charge is -2.17. The van der Waals surface area contributed by atoms with Crippen LogP contribution in [-0.2, 0) is 83.1 Å². The van der Waals surface area contributed by atoms with Gasteiger partial charge >= 0.3 is 72.9 Å². The Balaban J connectivity index is 0.000000207. The third kappa shape index (κ3) is 31.6. The molecule has 0 amide bonds. The zero-order chi connectivity index (χ0) is 105. The lowest BCUT2D eigenvalue weighted by Crippen LogP contribution is -2.12. The summed E-state index contributed by atoms with van der Waals surface area (Å²) in [6.45, 7) is 12.9. The number of rotatable bonds is 26. The molecule has 12 aromatic carbocycles. The quantitative estimate of drug-likeness (QED) is 0.0275. The zero-order valence-electron chi connectivity index (χ0n) is 75.9. The van der Waals surface area contributed by atoms with Crippen molar-refractivity contribution >= 4 is 63.3 Å². The SMILES string of the molecule is CCc1cccc(C(=O)O)c1COc1ccc(C)cc1C(F)(F)F.Cc1ccc(OCc2c(Br)cccc2C(=O)O)c(C(F)(F)F)c1.Cc1ccc(OCc2c(C(=O)O)cccc2C2CC2)c(C(F)(F)F)c1.Cc1ccc(OCc2c(C)cccc2C(=O)O)c(C(F)(F)F)c1.Cc1ccc(OCc2c(C)cccc2C(=O)O)c(C(F)(F)F)c1.Cc1ccc(OCc2c(Cl)cccc2C(=O)O)c(C(F)(F)F)c1. The monoisotopic (exact) mass is 2070 g/mol. The van der Waals surface area contributed by atoms with Gasteiger partial charge in [-0.15, -0.1) is 0 Å². The van der Waals surface area contributed by atoms with Crippen molar-refractivity contribution in [1.29, 1.82) is 0 Å². The third-order valence-corrected chi connectivity index (χ3v) is 22.3. The van der Waals surface area contributed by atoms with Crippen LogP contribution in [0.2, 0.25) is 5.02 Å². The minimum Gasteiger partial charge on any atom is -0.488 e. The van der Waals surface area contributed by atoms with Crippen LogP contribution in [0.3, 0.4) is 0 Å². The van der Waals surface area contributed by atoms with Crippen LogP contribution in [-0.4, -0.2) is 66.5 Å². The van der Waals surface area contributed by atoms with Crippen LogP contribution in [0.4, 0.5) is 79.0 Å². The van der Waals surface area contributed by atoms with Gasteiger partial charge in [0.15, 0.2) is 0 Å². The maximum Gasteiger partial charge on any atom is 0.419 e. The fourth-order valence-electron chi connectivity index (χ4n) is 13.9. The smallest absolute Gasteiger partial charge is 0.419 e. The lowest BCUT2D eigenvalue weighted by atomic mass is 9.98. The van der Waals surface area contributed by atoms with E-state index in [1.165, 1.54) is 134 Å². The van der Waals surface area contributed by atoms with E-state index in [0.29, 0.717) is 77.7 Å². The minimum atomic E-state index is -4.57. The standard InChI is InChI=1S/C19H17F3O3.C18H17F3O3.2C17H15F3O3.C16H12BrF3O3.C16H12ClF3O3/c1-11-5-8-17(16(9-11)19(20,21)22)25-10-15-13(12-6-7-12)3-2-4-14(15)18(23)24;1-3-12-5-4-6-13(17(22)23)14(12)10-24-16-8-7-11(2)9-15(16)18(19,20)21;2*1-10-6-7-15(14(8-10)17(18,19)20)23-9-13-11(2)4-3-5-12(13)16(21)22;2*1-9-5-6-14(12(7-9)16(18,19)20)23-8-11-10(15(21)22)3-2-4-13(11)17/h2-5,8-9,12H,6-7,10H2,1H3,(H,23,24);4-9H,3,10H2,1-2H3,(H,22,23);2*3-8H,9H2,1-2H3,(H,21,22);2*2-7H,8H2,1H3,(H,21,22). The van der Waals surface area contributed by atoms with Crippen molar-refractivity contribution in [3.63, 3.8) is 0 Å². The van der Waals surface area contributed by atoms with Gasteiger partial charge in [0.2, 0.25) is 0 Å². The second-order valence-electron chi connectivity index (χ2n) is 31.7. The van der Waals surface area contributed by atoms with Gasteiger partial charge < -0.3 is 59.1 Å². The van der Waals surface area contributed by atoms with E-state index in [2.05, 4.69) is 15.9 Å². The summed E-state index contributed by atoms with van der Waals surface area (Å²) in [6.07, 6.45) is -24.8.